The molecule has 6 heteroatoms. The Morgan fingerprint density at radius 1 is 1.62 bits per heavy atom. The minimum absolute atomic E-state index is 0.0749. The summed E-state index contributed by atoms with van der Waals surface area (Å²) in [6.45, 7) is 4.79. The van der Waals surface area contributed by atoms with Crippen molar-refractivity contribution in [2.45, 2.75) is 26.4 Å². The van der Waals surface area contributed by atoms with E-state index in [1.807, 2.05) is 20.9 Å². The number of hydrogen-bond acceptors (Lipinski definition) is 4. The van der Waals surface area contributed by atoms with E-state index in [4.69, 9.17) is 0 Å². The molecule has 0 radical (unpaired) electrons. The van der Waals surface area contributed by atoms with Gasteiger partial charge >= 0.3 is 0 Å². The van der Waals surface area contributed by atoms with E-state index in [1.54, 1.807) is 23.0 Å². The molecule has 1 amide bonds. The lowest BCUT2D eigenvalue weighted by atomic mass is 10.3. The van der Waals surface area contributed by atoms with Crippen LogP contribution in [0.1, 0.15) is 19.7 Å². The molecule has 6 nitrogen and oxygen atoms in total. The van der Waals surface area contributed by atoms with Crippen LogP contribution < -0.4 is 5.32 Å². The fourth-order valence-electron chi connectivity index (χ4n) is 1.16. The average molecular weight is 225 g/mol. The Morgan fingerprint density at radius 2 is 2.31 bits per heavy atom. The minimum atomic E-state index is 0.0749. The molecule has 1 N–H and O–H groups in total. The highest BCUT2D eigenvalue weighted by Gasteiger charge is 2.11. The monoisotopic (exact) mass is 225 g/mol. The molecule has 0 bridgehead atoms. The van der Waals surface area contributed by atoms with E-state index in [0.29, 0.717) is 18.9 Å². The van der Waals surface area contributed by atoms with Crippen LogP contribution in [0.2, 0.25) is 0 Å². The van der Waals surface area contributed by atoms with E-state index >= 15 is 0 Å². The van der Waals surface area contributed by atoms with Gasteiger partial charge in [0, 0.05) is 20.1 Å². The maximum atomic E-state index is 11.6. The topological polar surface area (TPSA) is 63.1 Å². The summed E-state index contributed by atoms with van der Waals surface area (Å²) in [5, 5.41) is 7.13. The van der Waals surface area contributed by atoms with Gasteiger partial charge in [-0.1, -0.05) is 0 Å². The van der Waals surface area contributed by atoms with Crippen molar-refractivity contribution in [1.82, 2.24) is 25.0 Å². The zero-order valence-corrected chi connectivity index (χ0v) is 10.3. The zero-order chi connectivity index (χ0) is 12.1. The quantitative estimate of drug-likeness (QED) is 0.752. The standard InChI is InChI=1S/C10H19N5O/c1-8(2)15(4)10(16)6-11-5-9-12-7-14(3)13-9/h7-8,11H,5-6H2,1-4H3. The number of rotatable bonds is 5. The molecule has 1 rings (SSSR count). The lowest BCUT2D eigenvalue weighted by Crippen LogP contribution is -2.39. The summed E-state index contributed by atoms with van der Waals surface area (Å²) < 4.78 is 1.64. The highest BCUT2D eigenvalue weighted by atomic mass is 16.2. The predicted octanol–water partition coefficient (Wildman–Crippen LogP) is -0.228. The third-order valence-corrected chi connectivity index (χ3v) is 2.37. The first-order chi connectivity index (χ1) is 7.50. The van der Waals surface area contributed by atoms with Gasteiger partial charge in [0.15, 0.2) is 5.82 Å². The van der Waals surface area contributed by atoms with Crippen LogP contribution in [0.15, 0.2) is 6.33 Å². The molecule has 0 saturated carbocycles. The molecule has 0 fully saturated rings. The highest BCUT2D eigenvalue weighted by molar-refractivity contribution is 5.78. The summed E-state index contributed by atoms with van der Waals surface area (Å²) in [6.07, 6.45) is 1.64. The van der Waals surface area contributed by atoms with Crippen LogP contribution in [-0.4, -0.2) is 45.2 Å². The second-order valence-corrected chi connectivity index (χ2v) is 4.04. The third-order valence-electron chi connectivity index (χ3n) is 2.37. The van der Waals surface area contributed by atoms with Gasteiger partial charge < -0.3 is 10.2 Å². The summed E-state index contributed by atoms with van der Waals surface area (Å²) in [6, 6.07) is 0.224. The molecule has 0 aliphatic rings. The molecule has 16 heavy (non-hydrogen) atoms. The van der Waals surface area contributed by atoms with Crippen molar-refractivity contribution in [1.29, 1.82) is 0 Å². The van der Waals surface area contributed by atoms with Crippen molar-refractivity contribution in [2.24, 2.45) is 7.05 Å². The van der Waals surface area contributed by atoms with Gasteiger partial charge in [-0.15, -0.1) is 0 Å². The number of likely N-dealkylation sites (N-methyl/N-ethyl adjacent to an activating group) is 1. The lowest BCUT2D eigenvalue weighted by Gasteiger charge is -2.21. The van der Waals surface area contributed by atoms with Crippen LogP contribution in [0.25, 0.3) is 0 Å². The zero-order valence-electron chi connectivity index (χ0n) is 10.3. The van der Waals surface area contributed by atoms with Crippen LogP contribution in [0.4, 0.5) is 0 Å². The van der Waals surface area contributed by atoms with E-state index in [1.165, 1.54) is 0 Å². The summed E-state index contributed by atoms with van der Waals surface area (Å²) >= 11 is 0. The largest absolute Gasteiger partial charge is 0.342 e. The second-order valence-electron chi connectivity index (χ2n) is 4.04. The van der Waals surface area contributed by atoms with Crippen LogP contribution in [0, 0.1) is 0 Å². The van der Waals surface area contributed by atoms with Gasteiger partial charge in [-0.3, -0.25) is 9.48 Å². The molecule has 1 aromatic rings. The maximum Gasteiger partial charge on any atom is 0.236 e. The normalized spacial score (nSPS) is 10.8. The van der Waals surface area contributed by atoms with Crippen molar-refractivity contribution in [3.8, 4) is 0 Å². The molecule has 0 spiro atoms. The molecular formula is C10H19N5O. The van der Waals surface area contributed by atoms with E-state index in [0.717, 1.165) is 0 Å². The molecule has 0 aliphatic carbocycles. The first kappa shape index (κ1) is 12.6. The molecule has 0 aromatic carbocycles. The first-order valence-corrected chi connectivity index (χ1v) is 5.31. The number of carbonyl (C=O) groups is 1. The van der Waals surface area contributed by atoms with Gasteiger partial charge in [0.05, 0.1) is 13.1 Å². The minimum Gasteiger partial charge on any atom is -0.342 e. The smallest absolute Gasteiger partial charge is 0.236 e. The fraction of sp³-hybridized carbons (Fsp3) is 0.700. The van der Waals surface area contributed by atoms with Gasteiger partial charge in [-0.25, -0.2) is 4.98 Å². The second kappa shape index (κ2) is 5.60. The molecule has 0 aliphatic heterocycles. The summed E-state index contributed by atoms with van der Waals surface area (Å²) in [7, 11) is 3.61. The lowest BCUT2D eigenvalue weighted by molar-refractivity contribution is -0.130. The number of amides is 1. The highest BCUT2D eigenvalue weighted by Crippen LogP contribution is 1.93. The molecule has 0 saturated heterocycles. The molecule has 1 heterocycles. The van der Waals surface area contributed by atoms with E-state index in [2.05, 4.69) is 15.4 Å². The number of carbonyl (C=O) groups excluding carboxylic acids is 1. The SMILES string of the molecule is CC(C)N(C)C(=O)CNCc1ncn(C)n1. The molecule has 90 valence electrons. The number of nitrogens with one attached hydrogen (secondary N) is 1. The Hall–Kier alpha value is -1.43. The van der Waals surface area contributed by atoms with E-state index in [9.17, 15) is 4.79 Å². The van der Waals surface area contributed by atoms with Gasteiger partial charge in [0.2, 0.25) is 5.91 Å². The predicted molar refractivity (Wildman–Crippen MR) is 60.6 cm³/mol. The van der Waals surface area contributed by atoms with Crippen molar-refractivity contribution in [2.75, 3.05) is 13.6 Å². The summed E-state index contributed by atoms with van der Waals surface area (Å²) in [5.41, 5.74) is 0. The van der Waals surface area contributed by atoms with Gasteiger partial charge in [-0.2, -0.15) is 5.10 Å². The Labute approximate surface area is 95.6 Å². The van der Waals surface area contributed by atoms with Crippen molar-refractivity contribution in [3.05, 3.63) is 12.2 Å². The van der Waals surface area contributed by atoms with Gasteiger partial charge in [-0.05, 0) is 13.8 Å². The number of hydrogen-bond donors (Lipinski definition) is 1. The number of nitrogens with zero attached hydrogens (tertiary/aromatic N) is 4. The van der Waals surface area contributed by atoms with Crippen molar-refractivity contribution >= 4 is 5.91 Å². The van der Waals surface area contributed by atoms with Gasteiger partial charge in [0.1, 0.15) is 6.33 Å². The van der Waals surface area contributed by atoms with Crippen molar-refractivity contribution in [3.63, 3.8) is 0 Å². The Morgan fingerprint density at radius 3 is 2.81 bits per heavy atom. The molecule has 1 aromatic heterocycles. The summed E-state index contributed by atoms with van der Waals surface area (Å²) in [5.74, 6) is 0.772. The number of aromatic nitrogens is 3. The molecule has 0 atom stereocenters. The van der Waals surface area contributed by atoms with Crippen LogP contribution >= 0.6 is 0 Å². The Bertz CT molecular complexity index is 347. The third kappa shape index (κ3) is 3.62. The number of aryl methyl sites for hydroxylation is 1. The molecular weight excluding hydrogens is 206 g/mol. The fourth-order valence-corrected chi connectivity index (χ4v) is 1.16. The Balaban J connectivity index is 2.28. The van der Waals surface area contributed by atoms with Crippen molar-refractivity contribution < 1.29 is 4.79 Å². The van der Waals surface area contributed by atoms with E-state index < -0.39 is 0 Å². The van der Waals surface area contributed by atoms with E-state index in [-0.39, 0.29) is 11.9 Å². The molecule has 0 unspecified atom stereocenters. The van der Waals surface area contributed by atoms with Crippen LogP contribution in [-0.2, 0) is 18.4 Å². The maximum absolute atomic E-state index is 11.6. The first-order valence-electron chi connectivity index (χ1n) is 5.31. The Kier molecular flexibility index (Phi) is 4.42. The van der Waals surface area contributed by atoms with Gasteiger partial charge in [0.25, 0.3) is 0 Å². The van der Waals surface area contributed by atoms with Crippen LogP contribution in [0.3, 0.4) is 0 Å². The average Bonchev–Trinajstić information content (AvgIpc) is 2.62. The van der Waals surface area contributed by atoms with Crippen LogP contribution in [0.5, 0.6) is 0 Å². The summed E-state index contributed by atoms with van der Waals surface area (Å²) in [4.78, 5) is 17.4.